The van der Waals surface area contributed by atoms with E-state index in [1.165, 1.54) is 0 Å². The van der Waals surface area contributed by atoms with Crippen LogP contribution in [0.2, 0.25) is 0 Å². The van der Waals surface area contributed by atoms with Gasteiger partial charge in [0.1, 0.15) is 5.69 Å². The van der Waals surface area contributed by atoms with Crippen LogP contribution in [0.5, 0.6) is 0 Å². The van der Waals surface area contributed by atoms with Crippen molar-refractivity contribution in [3.05, 3.63) is 42.1 Å². The third-order valence-electron chi connectivity index (χ3n) is 3.22. The number of rotatable bonds is 4. The lowest BCUT2D eigenvalue weighted by Crippen LogP contribution is -2.44. The Morgan fingerprint density at radius 2 is 1.73 bits per heavy atom. The van der Waals surface area contributed by atoms with Crippen molar-refractivity contribution < 1.29 is 18.0 Å². The fraction of sp³-hybridized carbons (Fsp3) is 0.389. The first kappa shape index (κ1) is 20.2. The Balaban J connectivity index is 2.34. The summed E-state index contributed by atoms with van der Waals surface area (Å²) in [7, 11) is 0. The maximum Gasteiger partial charge on any atom is 0.433 e. The predicted octanol–water partition coefficient (Wildman–Crippen LogP) is 4.56. The molecule has 0 fully saturated rings. The van der Waals surface area contributed by atoms with Crippen LogP contribution < -0.4 is 5.32 Å². The number of alkyl halides is 3. The third kappa shape index (κ3) is 5.72. The standard InChI is InChI=1S/C18H20F3N3OS/c1-11(15(25)24-17(2,3)4)26-16-22-13(12-8-6-5-7-9-12)10-14(23-16)18(19,20)21/h5-11H,1-4H3,(H,24,25)/t11-/m1/s1. The van der Waals surface area contributed by atoms with E-state index in [1.54, 1.807) is 37.3 Å². The van der Waals surface area contributed by atoms with Gasteiger partial charge in [-0.15, -0.1) is 0 Å². The monoisotopic (exact) mass is 383 g/mol. The van der Waals surface area contributed by atoms with Crippen LogP contribution in [0.4, 0.5) is 13.2 Å². The van der Waals surface area contributed by atoms with Gasteiger partial charge in [0.25, 0.3) is 0 Å². The molecule has 0 aliphatic carbocycles. The molecule has 140 valence electrons. The van der Waals surface area contributed by atoms with Crippen molar-refractivity contribution in [3.63, 3.8) is 0 Å². The SMILES string of the molecule is C[C@@H](Sc1nc(-c2ccccc2)cc(C(F)(F)F)n1)C(=O)NC(C)(C)C. The number of benzene rings is 1. The number of hydrogen-bond acceptors (Lipinski definition) is 4. The number of nitrogens with one attached hydrogen (secondary N) is 1. The van der Waals surface area contributed by atoms with Crippen LogP contribution in [0.3, 0.4) is 0 Å². The highest BCUT2D eigenvalue weighted by molar-refractivity contribution is 8.00. The van der Waals surface area contributed by atoms with Gasteiger partial charge in [-0.2, -0.15) is 13.2 Å². The molecule has 1 atom stereocenters. The van der Waals surface area contributed by atoms with Crippen LogP contribution in [0.1, 0.15) is 33.4 Å². The van der Waals surface area contributed by atoms with Gasteiger partial charge < -0.3 is 5.32 Å². The van der Waals surface area contributed by atoms with Gasteiger partial charge in [-0.25, -0.2) is 9.97 Å². The van der Waals surface area contributed by atoms with E-state index in [2.05, 4.69) is 15.3 Å². The molecular formula is C18H20F3N3OS. The van der Waals surface area contributed by atoms with Crippen LogP contribution in [0, 0.1) is 0 Å². The molecule has 0 saturated carbocycles. The highest BCUT2D eigenvalue weighted by atomic mass is 32.2. The fourth-order valence-corrected chi connectivity index (χ4v) is 2.85. The van der Waals surface area contributed by atoms with Crippen molar-refractivity contribution in [3.8, 4) is 11.3 Å². The summed E-state index contributed by atoms with van der Waals surface area (Å²) in [6.45, 7) is 7.10. The van der Waals surface area contributed by atoms with Crippen LogP contribution in [-0.2, 0) is 11.0 Å². The molecule has 4 nitrogen and oxygen atoms in total. The van der Waals surface area contributed by atoms with E-state index in [0.29, 0.717) is 5.56 Å². The maximum atomic E-state index is 13.2. The first-order chi connectivity index (χ1) is 12.0. The van der Waals surface area contributed by atoms with Crippen molar-refractivity contribution in [1.82, 2.24) is 15.3 Å². The summed E-state index contributed by atoms with van der Waals surface area (Å²) >= 11 is 0.897. The minimum absolute atomic E-state index is 0.0877. The maximum absolute atomic E-state index is 13.2. The van der Waals surface area contributed by atoms with Gasteiger partial charge in [-0.3, -0.25) is 4.79 Å². The second-order valence-electron chi connectivity index (χ2n) is 6.78. The quantitative estimate of drug-likeness (QED) is 0.621. The zero-order chi connectivity index (χ0) is 19.5. The fourth-order valence-electron chi connectivity index (χ4n) is 2.06. The van der Waals surface area contributed by atoms with Crippen LogP contribution >= 0.6 is 11.8 Å². The Bertz CT molecular complexity index is 773. The highest BCUT2D eigenvalue weighted by Crippen LogP contribution is 2.32. The number of thioether (sulfide) groups is 1. The zero-order valence-corrected chi connectivity index (χ0v) is 15.7. The number of carbonyl (C=O) groups excluding carboxylic acids is 1. The van der Waals surface area contributed by atoms with Crippen molar-refractivity contribution in [2.45, 2.75) is 49.8 Å². The first-order valence-electron chi connectivity index (χ1n) is 7.96. The average molecular weight is 383 g/mol. The normalized spacial score (nSPS) is 13.3. The molecule has 0 spiro atoms. The van der Waals surface area contributed by atoms with E-state index in [4.69, 9.17) is 0 Å². The zero-order valence-electron chi connectivity index (χ0n) is 14.9. The average Bonchev–Trinajstić information content (AvgIpc) is 2.53. The number of hydrogen-bond donors (Lipinski definition) is 1. The molecule has 0 aliphatic heterocycles. The molecule has 0 radical (unpaired) electrons. The molecule has 2 rings (SSSR count). The predicted molar refractivity (Wildman–Crippen MR) is 95.7 cm³/mol. The van der Waals surface area contributed by atoms with Crippen molar-refractivity contribution in [2.24, 2.45) is 0 Å². The molecule has 1 amide bonds. The highest BCUT2D eigenvalue weighted by Gasteiger charge is 2.34. The lowest BCUT2D eigenvalue weighted by Gasteiger charge is -2.22. The van der Waals surface area contributed by atoms with E-state index in [1.807, 2.05) is 20.8 Å². The van der Waals surface area contributed by atoms with Gasteiger partial charge in [0.2, 0.25) is 5.91 Å². The summed E-state index contributed by atoms with van der Waals surface area (Å²) in [5.41, 5.74) is -0.749. The van der Waals surface area contributed by atoms with Gasteiger partial charge in [-0.05, 0) is 33.8 Å². The Hall–Kier alpha value is -2.09. The van der Waals surface area contributed by atoms with Crippen LogP contribution in [0.15, 0.2) is 41.6 Å². The van der Waals surface area contributed by atoms with E-state index in [0.717, 1.165) is 17.8 Å². The van der Waals surface area contributed by atoms with Crippen LogP contribution in [0.25, 0.3) is 11.3 Å². The summed E-state index contributed by atoms with van der Waals surface area (Å²) in [6, 6.07) is 9.47. The largest absolute Gasteiger partial charge is 0.433 e. The molecule has 26 heavy (non-hydrogen) atoms. The minimum Gasteiger partial charge on any atom is -0.351 e. The molecule has 1 N–H and O–H groups in total. The van der Waals surface area contributed by atoms with Crippen molar-refractivity contribution in [1.29, 1.82) is 0 Å². The Morgan fingerprint density at radius 1 is 1.12 bits per heavy atom. The molecule has 1 aromatic carbocycles. The van der Waals surface area contributed by atoms with Gasteiger partial charge in [0, 0.05) is 11.1 Å². The van der Waals surface area contributed by atoms with E-state index >= 15 is 0 Å². The van der Waals surface area contributed by atoms with Gasteiger partial charge >= 0.3 is 6.18 Å². The van der Waals surface area contributed by atoms with E-state index in [-0.39, 0.29) is 16.8 Å². The molecule has 0 bridgehead atoms. The first-order valence-corrected chi connectivity index (χ1v) is 8.84. The number of halogens is 3. The second kappa shape index (κ2) is 7.65. The Labute approximate surface area is 154 Å². The number of aromatic nitrogens is 2. The van der Waals surface area contributed by atoms with Crippen molar-refractivity contribution >= 4 is 17.7 Å². The second-order valence-corrected chi connectivity index (χ2v) is 8.09. The molecule has 0 saturated heterocycles. The molecule has 1 aromatic heterocycles. The summed E-state index contributed by atoms with van der Waals surface area (Å²) in [4.78, 5) is 20.0. The summed E-state index contributed by atoms with van der Waals surface area (Å²) in [5, 5.41) is 2.07. The Kier molecular flexibility index (Phi) is 5.95. The molecule has 0 unspecified atom stereocenters. The smallest absolute Gasteiger partial charge is 0.351 e. The topological polar surface area (TPSA) is 54.9 Å². The summed E-state index contributed by atoms with van der Waals surface area (Å²) < 4.78 is 39.6. The Morgan fingerprint density at radius 3 is 2.27 bits per heavy atom. The van der Waals surface area contributed by atoms with Gasteiger partial charge in [0.15, 0.2) is 5.16 Å². The molecule has 0 aliphatic rings. The molecule has 8 heteroatoms. The lowest BCUT2D eigenvalue weighted by molar-refractivity contribution is -0.141. The number of carbonyl (C=O) groups is 1. The minimum atomic E-state index is -4.60. The third-order valence-corrected chi connectivity index (χ3v) is 4.18. The van der Waals surface area contributed by atoms with E-state index in [9.17, 15) is 18.0 Å². The molecular weight excluding hydrogens is 363 g/mol. The summed E-state index contributed by atoms with van der Waals surface area (Å²) in [5.74, 6) is -0.287. The van der Waals surface area contributed by atoms with Gasteiger partial charge in [-0.1, -0.05) is 42.1 Å². The lowest BCUT2D eigenvalue weighted by atomic mass is 10.1. The molecule has 2 aromatic rings. The summed E-state index contributed by atoms with van der Waals surface area (Å²) in [6.07, 6.45) is -4.60. The van der Waals surface area contributed by atoms with E-state index < -0.39 is 22.7 Å². The number of nitrogens with zero attached hydrogens (tertiary/aromatic N) is 2. The number of amides is 1. The van der Waals surface area contributed by atoms with Crippen LogP contribution in [-0.4, -0.2) is 26.7 Å². The van der Waals surface area contributed by atoms with Gasteiger partial charge in [0.05, 0.1) is 10.9 Å². The molecule has 1 heterocycles. The van der Waals surface area contributed by atoms with Crippen molar-refractivity contribution in [2.75, 3.05) is 0 Å².